The van der Waals surface area contributed by atoms with Crippen LogP contribution in [0, 0.1) is 0 Å². The summed E-state index contributed by atoms with van der Waals surface area (Å²) in [6.07, 6.45) is 5.18. The molecule has 0 aliphatic carbocycles. The highest BCUT2D eigenvalue weighted by Crippen LogP contribution is 2.13. The lowest BCUT2D eigenvalue weighted by atomic mass is 10.1. The zero-order chi connectivity index (χ0) is 13.1. The van der Waals surface area contributed by atoms with Crippen LogP contribution in [-0.4, -0.2) is 21.1 Å². The van der Waals surface area contributed by atoms with Gasteiger partial charge in [-0.1, -0.05) is 6.07 Å². The zero-order valence-corrected chi connectivity index (χ0v) is 10.1. The molecule has 94 valence electrons. The van der Waals surface area contributed by atoms with E-state index in [1.807, 2.05) is 24.3 Å². The quantitative estimate of drug-likeness (QED) is 0.747. The van der Waals surface area contributed by atoms with Crippen molar-refractivity contribution in [2.24, 2.45) is 0 Å². The van der Waals surface area contributed by atoms with Crippen LogP contribution in [0.1, 0.15) is 15.9 Å². The van der Waals surface area contributed by atoms with Gasteiger partial charge in [0.25, 0.3) is 5.91 Å². The van der Waals surface area contributed by atoms with Gasteiger partial charge in [0.15, 0.2) is 0 Å². The molecule has 0 aliphatic rings. The van der Waals surface area contributed by atoms with E-state index in [9.17, 15) is 4.79 Å². The molecule has 0 spiro atoms. The number of carbonyl (C=O) groups is 1. The van der Waals surface area contributed by atoms with Crippen LogP contribution in [0.2, 0.25) is 0 Å². The lowest BCUT2D eigenvalue weighted by molar-refractivity contribution is 0.0951. The molecule has 2 heterocycles. The largest absolute Gasteiger partial charge is 0.348 e. The number of H-pyrrole nitrogens is 1. The average Bonchev–Trinajstić information content (AvgIpc) is 2.97. The molecular formula is C14H12N4O. The second-order valence-corrected chi connectivity index (χ2v) is 4.20. The summed E-state index contributed by atoms with van der Waals surface area (Å²) in [5, 5.41) is 10.3. The molecule has 1 aromatic carbocycles. The van der Waals surface area contributed by atoms with Crippen molar-refractivity contribution in [3.8, 4) is 0 Å². The number of carbonyl (C=O) groups excluding carboxylic acids is 1. The Morgan fingerprint density at radius 2 is 2.26 bits per heavy atom. The van der Waals surface area contributed by atoms with Gasteiger partial charge in [-0.15, -0.1) is 0 Å². The van der Waals surface area contributed by atoms with E-state index >= 15 is 0 Å². The molecule has 3 rings (SSSR count). The van der Waals surface area contributed by atoms with E-state index in [0.29, 0.717) is 12.1 Å². The first-order valence-corrected chi connectivity index (χ1v) is 5.93. The minimum absolute atomic E-state index is 0.105. The molecule has 0 unspecified atom stereocenters. The van der Waals surface area contributed by atoms with Crippen LogP contribution in [0.3, 0.4) is 0 Å². The maximum atomic E-state index is 12.0. The van der Waals surface area contributed by atoms with Crippen LogP contribution in [0.5, 0.6) is 0 Å². The Bertz CT molecular complexity index is 706. The number of hydrogen-bond acceptors (Lipinski definition) is 3. The summed E-state index contributed by atoms with van der Waals surface area (Å²) in [6, 6.07) is 9.26. The molecule has 0 saturated carbocycles. The van der Waals surface area contributed by atoms with Gasteiger partial charge in [-0.2, -0.15) is 5.10 Å². The monoisotopic (exact) mass is 252 g/mol. The Labute approximate surface area is 109 Å². The predicted octanol–water partition coefficient (Wildman–Crippen LogP) is 1.89. The molecule has 0 fully saturated rings. The highest BCUT2D eigenvalue weighted by atomic mass is 16.1. The summed E-state index contributed by atoms with van der Waals surface area (Å²) >= 11 is 0. The number of nitrogens with zero attached hydrogens (tertiary/aromatic N) is 2. The van der Waals surface area contributed by atoms with Gasteiger partial charge >= 0.3 is 0 Å². The predicted molar refractivity (Wildman–Crippen MR) is 71.5 cm³/mol. The third kappa shape index (κ3) is 2.44. The van der Waals surface area contributed by atoms with Gasteiger partial charge in [0.1, 0.15) is 0 Å². The van der Waals surface area contributed by atoms with E-state index < -0.39 is 0 Å². The normalized spacial score (nSPS) is 10.5. The number of aromatic nitrogens is 3. The fraction of sp³-hybridized carbons (Fsp3) is 0.0714. The number of fused-ring (bicyclic) bond motifs is 1. The number of amides is 1. The SMILES string of the molecule is O=C(NCc1cn[nH]c1)c1ccc2ncccc2c1. The van der Waals surface area contributed by atoms with Crippen LogP contribution in [0.25, 0.3) is 10.9 Å². The topological polar surface area (TPSA) is 70.7 Å². The third-order valence-electron chi connectivity index (χ3n) is 2.87. The van der Waals surface area contributed by atoms with Gasteiger partial charge in [-0.25, -0.2) is 0 Å². The first kappa shape index (κ1) is 11.4. The van der Waals surface area contributed by atoms with E-state index in [1.165, 1.54) is 0 Å². The van der Waals surface area contributed by atoms with Gasteiger partial charge in [0, 0.05) is 35.5 Å². The van der Waals surface area contributed by atoms with E-state index in [1.54, 1.807) is 24.7 Å². The molecule has 0 atom stereocenters. The molecule has 2 aromatic heterocycles. The van der Waals surface area contributed by atoms with Gasteiger partial charge < -0.3 is 5.32 Å². The van der Waals surface area contributed by atoms with E-state index in [2.05, 4.69) is 20.5 Å². The Balaban J connectivity index is 1.77. The second-order valence-electron chi connectivity index (χ2n) is 4.20. The molecule has 0 bridgehead atoms. The lowest BCUT2D eigenvalue weighted by Gasteiger charge is -2.04. The maximum Gasteiger partial charge on any atom is 0.251 e. The van der Waals surface area contributed by atoms with Crippen molar-refractivity contribution in [1.82, 2.24) is 20.5 Å². The molecule has 0 aliphatic heterocycles. The van der Waals surface area contributed by atoms with Gasteiger partial charge in [0.2, 0.25) is 0 Å². The molecule has 1 amide bonds. The fourth-order valence-corrected chi connectivity index (χ4v) is 1.88. The number of nitrogens with one attached hydrogen (secondary N) is 2. The van der Waals surface area contributed by atoms with Crippen LogP contribution in [0.4, 0.5) is 0 Å². The zero-order valence-electron chi connectivity index (χ0n) is 10.1. The van der Waals surface area contributed by atoms with Gasteiger partial charge in [-0.3, -0.25) is 14.9 Å². The van der Waals surface area contributed by atoms with E-state index in [-0.39, 0.29) is 5.91 Å². The maximum absolute atomic E-state index is 12.0. The summed E-state index contributed by atoms with van der Waals surface area (Å²) in [4.78, 5) is 16.2. The molecule has 5 nitrogen and oxygen atoms in total. The lowest BCUT2D eigenvalue weighted by Crippen LogP contribution is -2.22. The first-order valence-electron chi connectivity index (χ1n) is 5.93. The summed E-state index contributed by atoms with van der Waals surface area (Å²) in [7, 11) is 0. The number of hydrogen-bond donors (Lipinski definition) is 2. The second kappa shape index (κ2) is 4.89. The Morgan fingerprint density at radius 3 is 3.11 bits per heavy atom. The van der Waals surface area contributed by atoms with Crippen molar-refractivity contribution in [3.63, 3.8) is 0 Å². The molecule has 0 radical (unpaired) electrons. The van der Waals surface area contributed by atoms with Crippen molar-refractivity contribution in [1.29, 1.82) is 0 Å². The minimum Gasteiger partial charge on any atom is -0.348 e. The van der Waals surface area contributed by atoms with Crippen molar-refractivity contribution in [2.45, 2.75) is 6.54 Å². The third-order valence-corrected chi connectivity index (χ3v) is 2.87. The number of rotatable bonds is 3. The summed E-state index contributed by atoms with van der Waals surface area (Å²) in [5.74, 6) is -0.105. The standard InChI is InChI=1S/C14H12N4O/c19-14(16-7-10-8-17-18-9-10)12-3-4-13-11(6-12)2-1-5-15-13/h1-6,8-9H,7H2,(H,16,19)(H,17,18). The molecule has 5 heteroatoms. The fourth-order valence-electron chi connectivity index (χ4n) is 1.88. The number of benzene rings is 1. The summed E-state index contributed by atoms with van der Waals surface area (Å²) in [5.41, 5.74) is 2.45. The van der Waals surface area contributed by atoms with Crippen LogP contribution in [0.15, 0.2) is 48.9 Å². The van der Waals surface area contributed by atoms with Crippen molar-refractivity contribution >= 4 is 16.8 Å². The van der Waals surface area contributed by atoms with E-state index in [0.717, 1.165) is 16.5 Å². The minimum atomic E-state index is -0.105. The van der Waals surface area contributed by atoms with Crippen molar-refractivity contribution in [2.75, 3.05) is 0 Å². The van der Waals surface area contributed by atoms with Crippen LogP contribution >= 0.6 is 0 Å². The first-order chi connectivity index (χ1) is 9.33. The smallest absolute Gasteiger partial charge is 0.251 e. The molecule has 3 aromatic rings. The Kier molecular flexibility index (Phi) is 2.94. The summed E-state index contributed by atoms with van der Waals surface area (Å²) in [6.45, 7) is 0.459. The van der Waals surface area contributed by atoms with Crippen molar-refractivity contribution < 1.29 is 4.79 Å². The van der Waals surface area contributed by atoms with E-state index in [4.69, 9.17) is 0 Å². The number of aromatic amines is 1. The Morgan fingerprint density at radius 1 is 1.32 bits per heavy atom. The molecule has 2 N–H and O–H groups in total. The van der Waals surface area contributed by atoms with Crippen molar-refractivity contribution in [3.05, 3.63) is 60.0 Å². The van der Waals surface area contributed by atoms with Gasteiger partial charge in [-0.05, 0) is 24.3 Å². The molecule has 0 saturated heterocycles. The summed E-state index contributed by atoms with van der Waals surface area (Å²) < 4.78 is 0. The van der Waals surface area contributed by atoms with Crippen LogP contribution < -0.4 is 5.32 Å². The molecule has 19 heavy (non-hydrogen) atoms. The highest BCUT2D eigenvalue weighted by molar-refractivity contribution is 5.97. The Hall–Kier alpha value is -2.69. The van der Waals surface area contributed by atoms with Crippen LogP contribution in [-0.2, 0) is 6.54 Å². The average molecular weight is 252 g/mol. The highest BCUT2D eigenvalue weighted by Gasteiger charge is 2.06. The van der Waals surface area contributed by atoms with Gasteiger partial charge in [0.05, 0.1) is 11.7 Å². The number of pyridine rings is 1. The molecular weight excluding hydrogens is 240 g/mol.